The van der Waals surface area contributed by atoms with Gasteiger partial charge in [0.1, 0.15) is 11.9 Å². The molecular weight excluding hydrogens is 405 g/mol. The van der Waals surface area contributed by atoms with Crippen LogP contribution in [0.15, 0.2) is 48.5 Å². The zero-order valence-electron chi connectivity index (χ0n) is 17.7. The number of carbonyl (C=O) groups is 1. The van der Waals surface area contributed by atoms with Crippen LogP contribution in [0.1, 0.15) is 42.6 Å². The van der Waals surface area contributed by atoms with Crippen molar-refractivity contribution in [2.75, 3.05) is 26.2 Å². The molecule has 0 radical (unpaired) electrons. The van der Waals surface area contributed by atoms with Gasteiger partial charge in [-0.15, -0.1) is 0 Å². The van der Waals surface area contributed by atoms with Gasteiger partial charge in [-0.1, -0.05) is 61.8 Å². The molecule has 0 aromatic heterocycles. The Morgan fingerprint density at radius 2 is 1.80 bits per heavy atom. The second-order valence-corrected chi connectivity index (χ2v) is 7.87. The third-order valence-electron chi connectivity index (χ3n) is 4.79. The van der Waals surface area contributed by atoms with Crippen molar-refractivity contribution in [3.05, 3.63) is 70.5 Å². The molecule has 0 aliphatic carbocycles. The summed E-state index contributed by atoms with van der Waals surface area (Å²) >= 11 is 5.89. The molecule has 2 unspecified atom stereocenters. The van der Waals surface area contributed by atoms with E-state index in [2.05, 4.69) is 18.7 Å². The first kappa shape index (κ1) is 24.5. The van der Waals surface area contributed by atoms with Gasteiger partial charge < -0.3 is 14.7 Å². The number of aliphatic hydroxyl groups is 1. The summed E-state index contributed by atoms with van der Waals surface area (Å²) in [6.45, 7) is 6.57. The molecule has 0 fully saturated rings. The van der Waals surface area contributed by atoms with Crippen LogP contribution in [0.3, 0.4) is 0 Å². The molecule has 2 aromatic carbocycles. The van der Waals surface area contributed by atoms with E-state index in [0.29, 0.717) is 17.7 Å². The number of Topliss-reactive ketones (excluding diaryl/α,β-unsaturated/α-hetero) is 1. The fourth-order valence-corrected chi connectivity index (χ4v) is 3.60. The monoisotopic (exact) mass is 435 g/mol. The summed E-state index contributed by atoms with van der Waals surface area (Å²) in [5.74, 6) is -0.683. The van der Waals surface area contributed by atoms with Gasteiger partial charge in [0.2, 0.25) is 0 Å². The quantitative estimate of drug-likeness (QED) is 0.460. The third kappa shape index (κ3) is 7.80. The lowest BCUT2D eigenvalue weighted by molar-refractivity contribution is -0.0134. The Bertz CT molecular complexity index is 781. The van der Waals surface area contributed by atoms with E-state index in [0.717, 1.165) is 25.9 Å². The molecule has 0 spiro atoms. The zero-order valence-corrected chi connectivity index (χ0v) is 18.4. The average Bonchev–Trinajstić information content (AvgIpc) is 2.74. The van der Waals surface area contributed by atoms with Crippen molar-refractivity contribution in [3.8, 4) is 0 Å². The first-order chi connectivity index (χ1) is 14.4. The molecular formula is C24H31ClFNO3. The van der Waals surface area contributed by atoms with Gasteiger partial charge in [0, 0.05) is 18.5 Å². The van der Waals surface area contributed by atoms with Gasteiger partial charge in [-0.05, 0) is 43.6 Å². The Morgan fingerprint density at radius 3 is 2.40 bits per heavy atom. The summed E-state index contributed by atoms with van der Waals surface area (Å²) in [5, 5.41) is 10.5. The molecule has 6 heteroatoms. The van der Waals surface area contributed by atoms with Gasteiger partial charge in [-0.25, -0.2) is 4.39 Å². The van der Waals surface area contributed by atoms with E-state index in [1.54, 1.807) is 30.3 Å². The van der Waals surface area contributed by atoms with Crippen molar-refractivity contribution in [2.24, 2.45) is 0 Å². The number of nitrogens with zero attached hydrogens (tertiary/aromatic N) is 1. The normalized spacial score (nSPS) is 13.4. The molecule has 4 nitrogen and oxygen atoms in total. The maximum Gasteiger partial charge on any atom is 0.191 e. The highest BCUT2D eigenvalue weighted by Crippen LogP contribution is 2.19. The second-order valence-electron chi connectivity index (χ2n) is 7.46. The van der Waals surface area contributed by atoms with Crippen LogP contribution >= 0.6 is 11.6 Å². The maximum atomic E-state index is 13.5. The Labute approximate surface area is 183 Å². The van der Waals surface area contributed by atoms with Crippen molar-refractivity contribution < 1.29 is 19.0 Å². The average molecular weight is 436 g/mol. The van der Waals surface area contributed by atoms with E-state index < -0.39 is 18.0 Å². The minimum absolute atomic E-state index is 0.00761. The van der Waals surface area contributed by atoms with Crippen LogP contribution in [0.2, 0.25) is 5.02 Å². The number of rotatable bonds is 13. The minimum Gasteiger partial charge on any atom is -0.389 e. The highest BCUT2D eigenvalue weighted by atomic mass is 35.5. The Kier molecular flexibility index (Phi) is 10.4. The molecule has 1 N–H and O–H groups in total. The number of benzene rings is 2. The van der Waals surface area contributed by atoms with Crippen molar-refractivity contribution >= 4 is 17.4 Å². The summed E-state index contributed by atoms with van der Waals surface area (Å²) in [4.78, 5) is 15.2. The number of carbonyl (C=O) groups excluding carboxylic acids is 1. The van der Waals surface area contributed by atoms with Crippen LogP contribution in [-0.4, -0.2) is 54.2 Å². The molecule has 2 atom stereocenters. The molecule has 0 saturated carbocycles. The smallest absolute Gasteiger partial charge is 0.191 e. The molecule has 0 heterocycles. The fraction of sp³-hybridized carbons (Fsp3) is 0.458. The summed E-state index contributed by atoms with van der Waals surface area (Å²) < 4.78 is 19.4. The molecule has 164 valence electrons. The highest BCUT2D eigenvalue weighted by Gasteiger charge is 2.23. The van der Waals surface area contributed by atoms with E-state index in [-0.39, 0.29) is 23.8 Å². The topological polar surface area (TPSA) is 49.8 Å². The highest BCUT2D eigenvalue weighted by molar-refractivity contribution is 6.30. The number of aliphatic hydroxyl groups excluding tert-OH is 1. The molecule has 30 heavy (non-hydrogen) atoms. The van der Waals surface area contributed by atoms with E-state index in [1.165, 1.54) is 12.1 Å². The summed E-state index contributed by atoms with van der Waals surface area (Å²) in [5.41, 5.74) is 1.23. The third-order valence-corrected chi connectivity index (χ3v) is 5.08. The number of hydrogen-bond acceptors (Lipinski definition) is 4. The van der Waals surface area contributed by atoms with E-state index >= 15 is 0 Å². The minimum atomic E-state index is -0.797. The Morgan fingerprint density at radius 1 is 1.13 bits per heavy atom. The van der Waals surface area contributed by atoms with Crippen LogP contribution in [0, 0.1) is 5.82 Å². The van der Waals surface area contributed by atoms with E-state index in [4.69, 9.17) is 16.3 Å². The molecule has 0 amide bonds. The van der Waals surface area contributed by atoms with Crippen molar-refractivity contribution in [3.63, 3.8) is 0 Å². The van der Waals surface area contributed by atoms with Crippen LogP contribution < -0.4 is 0 Å². The maximum absolute atomic E-state index is 13.5. The first-order valence-electron chi connectivity index (χ1n) is 10.5. The van der Waals surface area contributed by atoms with Crippen LogP contribution in [0.5, 0.6) is 0 Å². The predicted octanol–water partition coefficient (Wildman–Crippen LogP) is 4.77. The molecule has 2 rings (SSSR count). The standard InChI is InChI=1S/C24H31ClFNO3/c1-3-12-27(13-4-2)16-20(28)17-30-23(24(29)19-8-6-5-7-9-19)15-18-10-11-22(26)21(25)14-18/h5-11,14,20,23,28H,3-4,12-13,15-17H2,1-2H3. The van der Waals surface area contributed by atoms with Crippen LogP contribution in [0.4, 0.5) is 4.39 Å². The van der Waals surface area contributed by atoms with Gasteiger partial charge in [-0.2, -0.15) is 0 Å². The van der Waals surface area contributed by atoms with Crippen LogP contribution in [-0.2, 0) is 11.2 Å². The van der Waals surface area contributed by atoms with Gasteiger partial charge >= 0.3 is 0 Å². The van der Waals surface area contributed by atoms with Crippen molar-refractivity contribution in [2.45, 2.75) is 45.3 Å². The lowest BCUT2D eigenvalue weighted by Gasteiger charge is -2.25. The van der Waals surface area contributed by atoms with Gasteiger partial charge in [0.25, 0.3) is 0 Å². The molecule has 0 saturated heterocycles. The summed E-state index contributed by atoms with van der Waals surface area (Å²) in [6, 6.07) is 13.3. The Balaban J connectivity index is 2.08. The summed E-state index contributed by atoms with van der Waals surface area (Å²) in [6.07, 6.45) is 0.760. The van der Waals surface area contributed by atoms with Crippen LogP contribution in [0.25, 0.3) is 0 Å². The van der Waals surface area contributed by atoms with E-state index in [1.807, 2.05) is 6.07 Å². The number of ether oxygens (including phenoxy) is 1. The Hall–Kier alpha value is -1.79. The SMILES string of the molecule is CCCN(CCC)CC(O)COC(Cc1ccc(F)c(Cl)c1)C(=O)c1ccccc1. The lowest BCUT2D eigenvalue weighted by atomic mass is 9.99. The number of ketones is 1. The van der Waals surface area contributed by atoms with Crippen molar-refractivity contribution in [1.82, 2.24) is 4.90 Å². The molecule has 0 aliphatic rings. The summed E-state index contributed by atoms with van der Waals surface area (Å²) in [7, 11) is 0. The zero-order chi connectivity index (χ0) is 21.9. The lowest BCUT2D eigenvalue weighted by Crippen LogP contribution is -2.38. The fourth-order valence-electron chi connectivity index (χ4n) is 3.40. The number of halogens is 2. The molecule has 0 aliphatic heterocycles. The second kappa shape index (κ2) is 12.8. The van der Waals surface area contributed by atoms with Gasteiger partial charge in [-0.3, -0.25) is 4.79 Å². The number of hydrogen-bond donors (Lipinski definition) is 1. The predicted molar refractivity (Wildman–Crippen MR) is 119 cm³/mol. The first-order valence-corrected chi connectivity index (χ1v) is 10.9. The largest absolute Gasteiger partial charge is 0.389 e. The van der Waals surface area contributed by atoms with Crippen molar-refractivity contribution in [1.29, 1.82) is 0 Å². The van der Waals surface area contributed by atoms with Gasteiger partial charge in [0.05, 0.1) is 17.7 Å². The van der Waals surface area contributed by atoms with Gasteiger partial charge in [0.15, 0.2) is 5.78 Å². The molecule has 2 aromatic rings. The molecule has 0 bridgehead atoms. The van der Waals surface area contributed by atoms with E-state index in [9.17, 15) is 14.3 Å².